The molecular formula is C21H15N3O4S. The van der Waals surface area contributed by atoms with Gasteiger partial charge >= 0.3 is 0 Å². The van der Waals surface area contributed by atoms with Crippen LogP contribution in [0, 0.1) is 21.4 Å². The first-order chi connectivity index (χ1) is 14.0. The van der Waals surface area contributed by atoms with Crippen LogP contribution in [-0.4, -0.2) is 17.9 Å². The van der Waals surface area contributed by atoms with E-state index in [4.69, 9.17) is 4.74 Å². The van der Waals surface area contributed by atoms with Gasteiger partial charge in [0.1, 0.15) is 17.4 Å². The molecule has 8 heteroatoms. The number of amides is 1. The number of nitrogens with zero attached hydrogens (tertiary/aromatic N) is 2. The Hall–Kier alpha value is -3.96. The lowest BCUT2D eigenvalue weighted by Crippen LogP contribution is -2.13. The van der Waals surface area contributed by atoms with Crippen LogP contribution in [0.5, 0.6) is 5.75 Å². The van der Waals surface area contributed by atoms with E-state index in [0.717, 1.165) is 15.3 Å². The molecule has 0 aliphatic heterocycles. The number of carbonyl (C=O) groups is 1. The Kier molecular flexibility index (Phi) is 6.02. The van der Waals surface area contributed by atoms with E-state index in [1.165, 1.54) is 29.5 Å². The smallest absolute Gasteiger partial charge is 0.269 e. The zero-order valence-electron chi connectivity index (χ0n) is 15.3. The molecule has 1 aromatic heterocycles. The van der Waals surface area contributed by atoms with Gasteiger partial charge in [-0.25, -0.2) is 0 Å². The Balaban J connectivity index is 1.76. The average molecular weight is 405 g/mol. The molecule has 0 radical (unpaired) electrons. The van der Waals surface area contributed by atoms with Crippen LogP contribution in [0.25, 0.3) is 16.5 Å². The number of non-ortho nitro benzene ring substituents is 1. The number of methoxy groups -OCH3 is 1. The second-order valence-corrected chi connectivity index (χ2v) is 6.97. The molecule has 0 atom stereocenters. The summed E-state index contributed by atoms with van der Waals surface area (Å²) >= 11 is 1.38. The highest BCUT2D eigenvalue weighted by Gasteiger charge is 2.11. The fraction of sp³-hybridized carbons (Fsp3) is 0.0476. The number of nitrogens with one attached hydrogen (secondary N) is 1. The normalized spacial score (nSPS) is 10.8. The van der Waals surface area contributed by atoms with Gasteiger partial charge in [-0.15, -0.1) is 11.3 Å². The van der Waals surface area contributed by atoms with E-state index in [2.05, 4.69) is 5.32 Å². The van der Waals surface area contributed by atoms with Crippen molar-refractivity contribution in [2.24, 2.45) is 0 Å². The monoisotopic (exact) mass is 405 g/mol. The van der Waals surface area contributed by atoms with E-state index >= 15 is 0 Å². The van der Waals surface area contributed by atoms with E-state index in [1.54, 1.807) is 49.6 Å². The lowest BCUT2D eigenvalue weighted by Gasteiger charge is -2.05. The van der Waals surface area contributed by atoms with Gasteiger partial charge in [-0.2, -0.15) is 5.26 Å². The van der Waals surface area contributed by atoms with Crippen molar-refractivity contribution >= 4 is 34.7 Å². The van der Waals surface area contributed by atoms with Gasteiger partial charge in [-0.05, 0) is 60.2 Å². The van der Waals surface area contributed by atoms with Crippen molar-refractivity contribution < 1.29 is 14.5 Å². The van der Waals surface area contributed by atoms with Crippen molar-refractivity contribution in [2.45, 2.75) is 0 Å². The fourth-order valence-electron chi connectivity index (χ4n) is 2.50. The lowest BCUT2D eigenvalue weighted by molar-refractivity contribution is -0.384. The molecule has 1 amide bonds. The van der Waals surface area contributed by atoms with Crippen molar-refractivity contribution in [1.82, 2.24) is 0 Å². The molecule has 144 valence electrons. The summed E-state index contributed by atoms with van der Waals surface area (Å²) in [5, 5.41) is 22.8. The maximum Gasteiger partial charge on any atom is 0.269 e. The molecular weight excluding hydrogens is 390 g/mol. The minimum atomic E-state index is -0.511. The summed E-state index contributed by atoms with van der Waals surface area (Å²) in [6.45, 7) is 0. The summed E-state index contributed by atoms with van der Waals surface area (Å²) < 4.78 is 5.07. The largest absolute Gasteiger partial charge is 0.497 e. The number of hydrogen-bond donors (Lipinski definition) is 1. The van der Waals surface area contributed by atoms with Gasteiger partial charge in [0.05, 0.1) is 12.0 Å². The maximum atomic E-state index is 12.4. The van der Waals surface area contributed by atoms with Crippen LogP contribution in [0.2, 0.25) is 0 Å². The second-order valence-electron chi connectivity index (χ2n) is 5.86. The van der Waals surface area contributed by atoms with Crippen LogP contribution >= 0.6 is 11.3 Å². The average Bonchev–Trinajstić information content (AvgIpc) is 3.21. The predicted molar refractivity (Wildman–Crippen MR) is 112 cm³/mol. The first kappa shape index (κ1) is 19.8. The Morgan fingerprint density at radius 2 is 1.83 bits per heavy atom. The number of nitriles is 1. The molecule has 0 aliphatic rings. The van der Waals surface area contributed by atoms with Crippen LogP contribution < -0.4 is 10.1 Å². The highest BCUT2D eigenvalue weighted by atomic mass is 32.1. The van der Waals surface area contributed by atoms with Gasteiger partial charge in [-0.3, -0.25) is 14.9 Å². The summed E-state index contributed by atoms with van der Waals surface area (Å²) in [7, 11) is 1.55. The van der Waals surface area contributed by atoms with E-state index in [9.17, 15) is 20.2 Å². The van der Waals surface area contributed by atoms with Gasteiger partial charge in [0.25, 0.3) is 11.6 Å². The highest BCUT2D eigenvalue weighted by Crippen LogP contribution is 2.30. The topological polar surface area (TPSA) is 105 Å². The second kappa shape index (κ2) is 8.82. The van der Waals surface area contributed by atoms with E-state index in [0.29, 0.717) is 11.4 Å². The lowest BCUT2D eigenvalue weighted by atomic mass is 10.2. The number of rotatable bonds is 6. The first-order valence-corrected chi connectivity index (χ1v) is 9.23. The third-order valence-electron chi connectivity index (χ3n) is 3.99. The van der Waals surface area contributed by atoms with E-state index in [1.807, 2.05) is 12.1 Å². The van der Waals surface area contributed by atoms with Crippen LogP contribution in [0.4, 0.5) is 11.4 Å². The summed E-state index contributed by atoms with van der Waals surface area (Å²) in [6.07, 6.45) is 1.51. The molecule has 0 spiro atoms. The molecule has 29 heavy (non-hydrogen) atoms. The first-order valence-electron chi connectivity index (χ1n) is 8.42. The summed E-state index contributed by atoms with van der Waals surface area (Å²) in [6, 6.07) is 18.5. The Morgan fingerprint density at radius 3 is 2.41 bits per heavy atom. The van der Waals surface area contributed by atoms with Crippen LogP contribution in [0.3, 0.4) is 0 Å². The molecule has 0 saturated carbocycles. The minimum absolute atomic E-state index is 0.0207. The Labute approximate surface area is 170 Å². The maximum absolute atomic E-state index is 12.4. The molecule has 0 bridgehead atoms. The number of nitro benzene ring substituents is 1. The van der Waals surface area contributed by atoms with Gasteiger partial charge in [0, 0.05) is 27.6 Å². The zero-order valence-corrected chi connectivity index (χ0v) is 16.1. The number of nitro groups is 1. The summed E-state index contributed by atoms with van der Waals surface area (Å²) in [5.41, 5.74) is 1.36. The van der Waals surface area contributed by atoms with Crippen molar-refractivity contribution in [3.63, 3.8) is 0 Å². The Bertz CT molecular complexity index is 1110. The number of thiophene rings is 1. The van der Waals surface area contributed by atoms with Gasteiger partial charge < -0.3 is 10.1 Å². The zero-order chi connectivity index (χ0) is 20.8. The number of ether oxygens (including phenoxy) is 1. The molecule has 0 unspecified atom stereocenters. The number of carbonyl (C=O) groups excluding carboxylic acids is 1. The Morgan fingerprint density at radius 1 is 1.14 bits per heavy atom. The third kappa shape index (κ3) is 4.86. The molecule has 3 rings (SSSR count). The molecule has 0 aliphatic carbocycles. The molecule has 1 N–H and O–H groups in total. The minimum Gasteiger partial charge on any atom is -0.497 e. The number of anilines is 1. The predicted octanol–water partition coefficient (Wildman–Crippen LogP) is 4.88. The molecule has 2 aromatic carbocycles. The van der Waals surface area contributed by atoms with Crippen LogP contribution in [0.1, 0.15) is 4.88 Å². The van der Waals surface area contributed by atoms with Crippen molar-refractivity contribution in [1.29, 1.82) is 5.26 Å². The number of benzene rings is 2. The van der Waals surface area contributed by atoms with Crippen LogP contribution in [0.15, 0.2) is 66.2 Å². The third-order valence-corrected chi connectivity index (χ3v) is 5.07. The van der Waals surface area contributed by atoms with Gasteiger partial charge in [-0.1, -0.05) is 0 Å². The summed E-state index contributed by atoms with van der Waals surface area (Å²) in [5.74, 6) is 0.152. The molecule has 7 nitrogen and oxygen atoms in total. The highest BCUT2D eigenvalue weighted by molar-refractivity contribution is 7.16. The number of hydrogen-bond acceptors (Lipinski definition) is 6. The standard InChI is InChI=1S/C21H15N3O4S/c1-28-18-8-4-16(5-9-18)23-21(25)15(13-22)12-19-10-11-20(29-19)14-2-6-17(7-3-14)24(26)27/h2-12H,1H3,(H,23,25)/b15-12+. The van der Waals surface area contributed by atoms with Gasteiger partial charge in [0.15, 0.2) is 0 Å². The molecule has 1 heterocycles. The quantitative estimate of drug-likeness (QED) is 0.272. The molecule has 3 aromatic rings. The molecule has 0 saturated heterocycles. The van der Waals surface area contributed by atoms with E-state index in [-0.39, 0.29) is 11.3 Å². The van der Waals surface area contributed by atoms with Crippen LogP contribution in [-0.2, 0) is 4.79 Å². The van der Waals surface area contributed by atoms with E-state index < -0.39 is 10.8 Å². The van der Waals surface area contributed by atoms with Crippen molar-refractivity contribution in [3.8, 4) is 22.3 Å². The fourth-order valence-corrected chi connectivity index (χ4v) is 3.45. The van der Waals surface area contributed by atoms with Crippen molar-refractivity contribution in [2.75, 3.05) is 12.4 Å². The molecule has 0 fully saturated rings. The SMILES string of the molecule is COc1ccc(NC(=O)/C(C#N)=C/c2ccc(-c3ccc([N+](=O)[O-])cc3)s2)cc1. The van der Waals surface area contributed by atoms with Crippen molar-refractivity contribution in [3.05, 3.63) is 81.2 Å². The van der Waals surface area contributed by atoms with Gasteiger partial charge in [0.2, 0.25) is 0 Å². The summed E-state index contributed by atoms with van der Waals surface area (Å²) in [4.78, 5) is 24.3.